The number of carbonyl (C=O) groups is 2. The van der Waals surface area contributed by atoms with Crippen LogP contribution in [0.3, 0.4) is 0 Å². The van der Waals surface area contributed by atoms with Crippen molar-refractivity contribution < 1.29 is 24.2 Å². The summed E-state index contributed by atoms with van der Waals surface area (Å²) in [6, 6.07) is 5.78. The van der Waals surface area contributed by atoms with Crippen LogP contribution in [0.1, 0.15) is 31.7 Å². The number of nitrogens with one attached hydrogen (secondary N) is 1. The maximum absolute atomic E-state index is 12.2. The Hall–Kier alpha value is -2.24. The van der Waals surface area contributed by atoms with Gasteiger partial charge in [-0.15, -0.1) is 0 Å². The topological polar surface area (TPSA) is 84.9 Å². The molecule has 1 aliphatic heterocycles. The van der Waals surface area contributed by atoms with E-state index in [-0.39, 0.29) is 24.3 Å². The predicted octanol–water partition coefficient (Wildman–Crippen LogP) is 1.79. The van der Waals surface area contributed by atoms with E-state index in [4.69, 9.17) is 14.6 Å². The average molecular weight is 319 g/mol. The largest absolute Gasteiger partial charge is 0.486 e. The van der Waals surface area contributed by atoms with Gasteiger partial charge in [0.2, 0.25) is 5.91 Å². The van der Waals surface area contributed by atoms with Crippen LogP contribution in [-0.4, -0.2) is 36.7 Å². The zero-order valence-corrected chi connectivity index (χ0v) is 13.3. The lowest BCUT2D eigenvalue weighted by atomic mass is 9.94. The second-order valence-electron chi connectivity index (χ2n) is 6.76. The highest BCUT2D eigenvalue weighted by atomic mass is 16.6. The Morgan fingerprint density at radius 3 is 2.65 bits per heavy atom. The number of hydrogen-bond acceptors (Lipinski definition) is 4. The Labute approximate surface area is 134 Å². The quantitative estimate of drug-likeness (QED) is 0.864. The first-order valence-corrected chi connectivity index (χ1v) is 7.79. The normalized spacial score (nSPS) is 22.3. The van der Waals surface area contributed by atoms with Crippen molar-refractivity contribution in [1.82, 2.24) is 5.32 Å². The van der Waals surface area contributed by atoms with Gasteiger partial charge in [0.05, 0.1) is 5.41 Å². The molecule has 124 valence electrons. The minimum Gasteiger partial charge on any atom is -0.486 e. The van der Waals surface area contributed by atoms with Crippen LogP contribution in [0.2, 0.25) is 0 Å². The van der Waals surface area contributed by atoms with Crippen molar-refractivity contribution in [2.45, 2.75) is 26.2 Å². The van der Waals surface area contributed by atoms with Crippen molar-refractivity contribution in [2.75, 3.05) is 19.8 Å². The molecule has 1 aromatic rings. The van der Waals surface area contributed by atoms with Crippen LogP contribution in [0, 0.1) is 11.3 Å². The molecule has 0 bridgehead atoms. The van der Waals surface area contributed by atoms with E-state index in [1.807, 2.05) is 18.2 Å². The highest BCUT2D eigenvalue weighted by Crippen LogP contribution is 2.49. The summed E-state index contributed by atoms with van der Waals surface area (Å²) in [5, 5.41) is 11.8. The van der Waals surface area contributed by atoms with Crippen molar-refractivity contribution in [2.24, 2.45) is 11.3 Å². The minimum atomic E-state index is -0.961. The molecular weight excluding hydrogens is 298 g/mol. The zero-order valence-electron chi connectivity index (χ0n) is 13.3. The third kappa shape index (κ3) is 3.25. The van der Waals surface area contributed by atoms with Gasteiger partial charge in [-0.05, 0) is 43.9 Å². The lowest BCUT2D eigenvalue weighted by Gasteiger charge is -2.20. The van der Waals surface area contributed by atoms with E-state index >= 15 is 0 Å². The summed E-state index contributed by atoms with van der Waals surface area (Å²) in [5.41, 5.74) is 0.101. The van der Waals surface area contributed by atoms with E-state index in [1.54, 1.807) is 13.8 Å². The lowest BCUT2D eigenvalue weighted by molar-refractivity contribution is -0.146. The summed E-state index contributed by atoms with van der Waals surface area (Å²) in [5.74, 6) is 0.536. The van der Waals surface area contributed by atoms with Crippen LogP contribution < -0.4 is 14.8 Å². The third-order valence-corrected chi connectivity index (χ3v) is 4.41. The molecule has 1 aliphatic carbocycles. The molecule has 0 spiro atoms. The number of rotatable bonds is 5. The predicted molar refractivity (Wildman–Crippen MR) is 82.7 cm³/mol. The van der Waals surface area contributed by atoms with Crippen LogP contribution >= 0.6 is 0 Å². The first-order valence-electron chi connectivity index (χ1n) is 7.79. The molecule has 1 saturated carbocycles. The number of ether oxygens (including phenoxy) is 2. The Morgan fingerprint density at radius 2 is 1.96 bits per heavy atom. The molecular formula is C17H21NO5. The molecule has 6 nitrogen and oxygen atoms in total. The summed E-state index contributed by atoms with van der Waals surface area (Å²) in [6.07, 6.45) is 0.777. The number of carbonyl (C=O) groups excluding carboxylic acids is 1. The second-order valence-corrected chi connectivity index (χ2v) is 6.76. The fraction of sp³-hybridized carbons (Fsp3) is 0.529. The van der Waals surface area contributed by atoms with Gasteiger partial charge >= 0.3 is 5.97 Å². The number of fused-ring (bicyclic) bond motifs is 1. The molecule has 0 saturated heterocycles. The number of hydrogen-bond donors (Lipinski definition) is 2. The van der Waals surface area contributed by atoms with Crippen LogP contribution in [0.25, 0.3) is 0 Å². The SMILES string of the molecule is CC(C)(CNC(=O)C1CC1c1ccc2c(c1)OCCO2)C(=O)O. The second kappa shape index (κ2) is 5.76. The highest BCUT2D eigenvalue weighted by molar-refractivity contribution is 5.84. The fourth-order valence-corrected chi connectivity index (χ4v) is 2.66. The van der Waals surface area contributed by atoms with Gasteiger partial charge in [0, 0.05) is 12.5 Å². The summed E-state index contributed by atoms with van der Waals surface area (Å²) in [7, 11) is 0. The van der Waals surface area contributed by atoms with E-state index in [2.05, 4.69) is 5.32 Å². The van der Waals surface area contributed by atoms with E-state index < -0.39 is 11.4 Å². The summed E-state index contributed by atoms with van der Waals surface area (Å²) < 4.78 is 11.1. The van der Waals surface area contributed by atoms with Crippen LogP contribution in [0.15, 0.2) is 18.2 Å². The molecule has 1 aromatic carbocycles. The van der Waals surface area contributed by atoms with Gasteiger partial charge in [0.25, 0.3) is 0 Å². The zero-order chi connectivity index (χ0) is 16.6. The maximum atomic E-state index is 12.2. The van der Waals surface area contributed by atoms with Gasteiger partial charge in [-0.2, -0.15) is 0 Å². The van der Waals surface area contributed by atoms with Crippen molar-refractivity contribution in [1.29, 1.82) is 0 Å². The van der Waals surface area contributed by atoms with Gasteiger partial charge in [-0.3, -0.25) is 9.59 Å². The van der Waals surface area contributed by atoms with Crippen molar-refractivity contribution >= 4 is 11.9 Å². The van der Waals surface area contributed by atoms with Crippen molar-refractivity contribution in [3.8, 4) is 11.5 Å². The summed E-state index contributed by atoms with van der Waals surface area (Å²) >= 11 is 0. The van der Waals surface area contributed by atoms with Gasteiger partial charge < -0.3 is 19.9 Å². The van der Waals surface area contributed by atoms with Gasteiger partial charge in [0.15, 0.2) is 11.5 Å². The van der Waals surface area contributed by atoms with Crippen molar-refractivity contribution in [3.63, 3.8) is 0 Å². The molecule has 1 fully saturated rings. The molecule has 6 heteroatoms. The van der Waals surface area contributed by atoms with E-state index in [9.17, 15) is 9.59 Å². The highest BCUT2D eigenvalue weighted by Gasteiger charge is 2.44. The first kappa shape index (κ1) is 15.6. The van der Waals surface area contributed by atoms with Crippen LogP contribution in [0.4, 0.5) is 0 Å². The molecule has 2 unspecified atom stereocenters. The Bertz CT molecular complexity index is 640. The van der Waals surface area contributed by atoms with Gasteiger partial charge in [0.1, 0.15) is 13.2 Å². The van der Waals surface area contributed by atoms with Crippen LogP contribution in [-0.2, 0) is 9.59 Å². The van der Waals surface area contributed by atoms with E-state index in [0.717, 1.165) is 23.5 Å². The summed E-state index contributed by atoms with van der Waals surface area (Å²) in [6.45, 7) is 4.42. The molecule has 1 heterocycles. The number of benzene rings is 1. The summed E-state index contributed by atoms with van der Waals surface area (Å²) in [4.78, 5) is 23.3. The van der Waals surface area contributed by atoms with E-state index in [0.29, 0.717) is 13.2 Å². The first-order chi connectivity index (χ1) is 10.9. The number of amides is 1. The fourth-order valence-electron chi connectivity index (χ4n) is 2.66. The van der Waals surface area contributed by atoms with Gasteiger partial charge in [-0.1, -0.05) is 6.07 Å². The molecule has 0 radical (unpaired) electrons. The molecule has 2 aliphatic rings. The molecule has 0 aromatic heterocycles. The number of carboxylic acids is 1. The minimum absolute atomic E-state index is 0.0841. The third-order valence-electron chi connectivity index (χ3n) is 4.41. The average Bonchev–Trinajstić information content (AvgIpc) is 3.33. The monoisotopic (exact) mass is 319 g/mol. The molecule has 3 rings (SSSR count). The Morgan fingerprint density at radius 1 is 1.26 bits per heavy atom. The lowest BCUT2D eigenvalue weighted by Crippen LogP contribution is -2.39. The number of aliphatic carboxylic acids is 1. The smallest absolute Gasteiger partial charge is 0.310 e. The number of carboxylic acid groups (broad SMARTS) is 1. The standard InChI is InChI=1S/C17H21NO5/c1-17(2,16(20)21)9-18-15(19)12-8-11(12)10-3-4-13-14(7-10)23-6-5-22-13/h3-4,7,11-12H,5-6,8-9H2,1-2H3,(H,18,19)(H,20,21). The molecule has 23 heavy (non-hydrogen) atoms. The van der Waals surface area contributed by atoms with Gasteiger partial charge in [-0.25, -0.2) is 0 Å². The van der Waals surface area contributed by atoms with E-state index in [1.165, 1.54) is 0 Å². The molecule has 2 atom stereocenters. The maximum Gasteiger partial charge on any atom is 0.310 e. The molecule has 2 N–H and O–H groups in total. The Kier molecular flexibility index (Phi) is 3.92. The van der Waals surface area contributed by atoms with Crippen molar-refractivity contribution in [3.05, 3.63) is 23.8 Å². The van der Waals surface area contributed by atoms with Crippen LogP contribution in [0.5, 0.6) is 11.5 Å². The molecule has 1 amide bonds. The Balaban J connectivity index is 1.59.